The number of hydrogen-bond acceptors (Lipinski definition) is 6. The number of aromatic amines is 1. The molecular weight excluding hydrogens is 282 g/mol. The lowest BCUT2D eigenvalue weighted by atomic mass is 10.1. The molecule has 4 rings (SSSR count). The molecular formula is C12H11N3O6. The highest BCUT2D eigenvalue weighted by molar-refractivity contribution is 5.74. The van der Waals surface area contributed by atoms with Gasteiger partial charge in [-0.1, -0.05) is 0 Å². The molecule has 0 saturated carbocycles. The molecule has 3 N–H and O–H groups in total. The first kappa shape index (κ1) is 12.5. The van der Waals surface area contributed by atoms with Crippen LogP contribution >= 0.6 is 0 Å². The van der Waals surface area contributed by atoms with Crippen molar-refractivity contribution in [1.82, 2.24) is 14.1 Å². The van der Waals surface area contributed by atoms with E-state index < -0.39 is 41.3 Å². The first-order valence-corrected chi connectivity index (χ1v) is 6.39. The number of pyridine rings is 1. The van der Waals surface area contributed by atoms with Crippen molar-refractivity contribution in [3.63, 3.8) is 0 Å². The molecule has 0 aliphatic carbocycles. The third kappa shape index (κ3) is 1.47. The first-order valence-electron chi connectivity index (χ1n) is 6.39. The van der Waals surface area contributed by atoms with Crippen LogP contribution in [0.15, 0.2) is 26.5 Å². The van der Waals surface area contributed by atoms with E-state index in [0.29, 0.717) is 0 Å². The van der Waals surface area contributed by atoms with Crippen LogP contribution in [-0.2, 0) is 11.3 Å². The Kier molecular flexibility index (Phi) is 2.33. The number of aromatic nitrogens is 3. The fourth-order valence-corrected chi connectivity index (χ4v) is 3.01. The molecule has 2 bridgehead atoms. The van der Waals surface area contributed by atoms with Gasteiger partial charge in [-0.15, -0.1) is 0 Å². The van der Waals surface area contributed by atoms with Crippen molar-refractivity contribution in [3.05, 3.63) is 43.3 Å². The van der Waals surface area contributed by atoms with Gasteiger partial charge in [-0.2, -0.15) is 0 Å². The van der Waals surface area contributed by atoms with Crippen molar-refractivity contribution in [1.29, 1.82) is 0 Å². The maximum Gasteiger partial charge on any atom is 0.332 e. The number of aliphatic hydroxyl groups excluding tert-OH is 2. The minimum atomic E-state index is -1.31. The summed E-state index contributed by atoms with van der Waals surface area (Å²) >= 11 is 0. The summed E-state index contributed by atoms with van der Waals surface area (Å²) in [5.41, 5.74) is -1.74. The van der Waals surface area contributed by atoms with Crippen LogP contribution in [0.3, 0.4) is 0 Å². The summed E-state index contributed by atoms with van der Waals surface area (Å²) in [7, 11) is 0. The van der Waals surface area contributed by atoms with E-state index in [-0.39, 0.29) is 17.6 Å². The number of aliphatic hydroxyl groups is 2. The summed E-state index contributed by atoms with van der Waals surface area (Å²) < 4.78 is 7.70. The Bertz CT molecular complexity index is 925. The van der Waals surface area contributed by atoms with Crippen LogP contribution < -0.4 is 16.8 Å². The number of nitrogens with zero attached hydrogens (tertiary/aromatic N) is 2. The third-order valence-electron chi connectivity index (χ3n) is 4.02. The van der Waals surface area contributed by atoms with Gasteiger partial charge < -0.3 is 14.9 Å². The Labute approximate surface area is 115 Å². The molecule has 2 aliphatic heterocycles. The van der Waals surface area contributed by atoms with E-state index in [0.717, 1.165) is 4.57 Å². The van der Waals surface area contributed by atoms with E-state index in [9.17, 15) is 24.6 Å². The number of fused-ring (bicyclic) bond motifs is 3. The molecule has 2 aromatic rings. The van der Waals surface area contributed by atoms with Gasteiger partial charge in [0.05, 0.1) is 11.9 Å². The SMILES string of the molecule is O=c1[nH]c(=O)n2c3c1ccc(=O)n3CC1OC2C(O)[C@@H]1O. The Morgan fingerprint density at radius 1 is 1.19 bits per heavy atom. The van der Waals surface area contributed by atoms with Gasteiger partial charge in [-0.3, -0.25) is 19.1 Å². The average molecular weight is 293 g/mol. The average Bonchev–Trinajstić information content (AvgIpc) is 2.63. The van der Waals surface area contributed by atoms with Crippen molar-refractivity contribution in [2.24, 2.45) is 0 Å². The lowest BCUT2D eigenvalue weighted by Gasteiger charge is -2.21. The Morgan fingerprint density at radius 2 is 1.95 bits per heavy atom. The van der Waals surface area contributed by atoms with Crippen molar-refractivity contribution >= 4 is 11.0 Å². The van der Waals surface area contributed by atoms with E-state index in [1.54, 1.807) is 0 Å². The minimum Gasteiger partial charge on any atom is -0.387 e. The van der Waals surface area contributed by atoms with Crippen molar-refractivity contribution in [3.8, 4) is 0 Å². The Balaban J connectivity index is 2.23. The lowest BCUT2D eigenvalue weighted by molar-refractivity contribution is -0.0352. The fraction of sp³-hybridized carbons (Fsp3) is 0.417. The van der Waals surface area contributed by atoms with Crippen LogP contribution in [0.1, 0.15) is 6.23 Å². The molecule has 3 unspecified atom stereocenters. The van der Waals surface area contributed by atoms with Crippen molar-refractivity contribution in [2.45, 2.75) is 31.1 Å². The molecule has 9 nitrogen and oxygen atoms in total. The number of hydrogen-bond donors (Lipinski definition) is 3. The number of ether oxygens (including phenoxy) is 1. The molecule has 0 spiro atoms. The quantitative estimate of drug-likeness (QED) is 0.492. The highest BCUT2D eigenvalue weighted by atomic mass is 16.6. The van der Waals surface area contributed by atoms with Crippen LogP contribution in [-0.4, -0.2) is 42.6 Å². The predicted molar refractivity (Wildman–Crippen MR) is 69.0 cm³/mol. The zero-order valence-corrected chi connectivity index (χ0v) is 10.6. The molecule has 0 amide bonds. The Morgan fingerprint density at radius 3 is 2.71 bits per heavy atom. The summed E-state index contributed by atoms with van der Waals surface area (Å²) in [5, 5.41) is 20.1. The summed E-state index contributed by atoms with van der Waals surface area (Å²) in [6.45, 7) is -0.0478. The number of H-pyrrole nitrogens is 1. The third-order valence-corrected chi connectivity index (χ3v) is 4.02. The van der Waals surface area contributed by atoms with Gasteiger partial charge >= 0.3 is 5.69 Å². The summed E-state index contributed by atoms with van der Waals surface area (Å²) in [5.74, 6) is 0. The van der Waals surface area contributed by atoms with Gasteiger partial charge in [0.15, 0.2) is 6.23 Å². The molecule has 9 heteroatoms. The predicted octanol–water partition coefficient (Wildman–Crippen LogP) is -2.52. The second-order valence-corrected chi connectivity index (χ2v) is 5.20. The van der Waals surface area contributed by atoms with Gasteiger partial charge in [0.2, 0.25) is 0 Å². The summed E-state index contributed by atoms with van der Waals surface area (Å²) in [4.78, 5) is 38.1. The van der Waals surface area contributed by atoms with Gasteiger partial charge in [-0.25, -0.2) is 9.36 Å². The first-order chi connectivity index (χ1) is 9.99. The fourth-order valence-electron chi connectivity index (χ4n) is 3.01. The molecule has 4 atom stereocenters. The monoisotopic (exact) mass is 293 g/mol. The van der Waals surface area contributed by atoms with Gasteiger partial charge in [-0.05, 0) is 6.07 Å². The van der Waals surface area contributed by atoms with E-state index in [1.807, 2.05) is 0 Å². The summed E-state index contributed by atoms with van der Waals surface area (Å²) in [6.07, 6.45) is -4.51. The van der Waals surface area contributed by atoms with E-state index in [2.05, 4.69) is 4.98 Å². The van der Waals surface area contributed by atoms with Crippen LogP contribution in [0, 0.1) is 0 Å². The van der Waals surface area contributed by atoms with Crippen LogP contribution in [0.4, 0.5) is 0 Å². The molecule has 0 aromatic carbocycles. The number of nitrogens with one attached hydrogen (secondary N) is 1. The van der Waals surface area contributed by atoms with Gasteiger partial charge in [0.25, 0.3) is 11.1 Å². The van der Waals surface area contributed by atoms with E-state index in [4.69, 9.17) is 4.74 Å². The van der Waals surface area contributed by atoms with Crippen molar-refractivity contribution < 1.29 is 14.9 Å². The van der Waals surface area contributed by atoms with Gasteiger partial charge in [0.1, 0.15) is 24.0 Å². The minimum absolute atomic E-state index is 0.0478. The highest BCUT2D eigenvalue weighted by Crippen LogP contribution is 2.33. The molecule has 4 heterocycles. The maximum atomic E-state index is 12.1. The van der Waals surface area contributed by atoms with Gasteiger partial charge in [0, 0.05) is 6.07 Å². The second kappa shape index (κ2) is 3.91. The zero-order chi connectivity index (χ0) is 14.9. The van der Waals surface area contributed by atoms with E-state index >= 15 is 0 Å². The molecule has 2 aliphatic rings. The van der Waals surface area contributed by atoms with Crippen LogP contribution in [0.25, 0.3) is 11.0 Å². The molecule has 1 saturated heterocycles. The highest BCUT2D eigenvalue weighted by Gasteiger charge is 2.47. The van der Waals surface area contributed by atoms with Crippen LogP contribution in [0.5, 0.6) is 0 Å². The standard InChI is InChI=1S/C12H11N3O6/c16-6-2-1-4-9(19)13-12(20)15-10(4)14(6)3-5-7(17)8(18)11(15)21-5/h1-2,5,7-8,11,17-18H,3H2,(H,13,19,20)/t5?,7-,8?,11?/m1/s1. The maximum absolute atomic E-state index is 12.1. The molecule has 0 radical (unpaired) electrons. The largest absolute Gasteiger partial charge is 0.387 e. The summed E-state index contributed by atoms with van der Waals surface area (Å²) in [6, 6.07) is 2.54. The van der Waals surface area contributed by atoms with E-state index in [1.165, 1.54) is 16.7 Å². The number of rotatable bonds is 0. The smallest absolute Gasteiger partial charge is 0.332 e. The molecule has 21 heavy (non-hydrogen) atoms. The zero-order valence-electron chi connectivity index (χ0n) is 10.6. The normalized spacial score (nSPS) is 30.6. The molecule has 2 aromatic heterocycles. The topological polar surface area (TPSA) is 127 Å². The Hall–Kier alpha value is -2.23. The van der Waals surface area contributed by atoms with Crippen molar-refractivity contribution in [2.75, 3.05) is 0 Å². The second-order valence-electron chi connectivity index (χ2n) is 5.20. The van der Waals surface area contributed by atoms with Crippen LogP contribution in [0.2, 0.25) is 0 Å². The lowest BCUT2D eigenvalue weighted by Crippen LogP contribution is -2.43. The molecule has 110 valence electrons. The molecule has 1 fully saturated rings.